The highest BCUT2D eigenvalue weighted by Crippen LogP contribution is 2.20. The number of nitrogens with two attached hydrogens (primary N) is 1. The first kappa shape index (κ1) is 12.4. The molecule has 1 atom stereocenters. The summed E-state index contributed by atoms with van der Waals surface area (Å²) in [6, 6.07) is 4.75. The van der Waals surface area contributed by atoms with Crippen LogP contribution in [0.2, 0.25) is 5.02 Å². The van der Waals surface area contributed by atoms with E-state index in [2.05, 4.69) is 12.2 Å². The molecule has 0 amide bonds. The van der Waals surface area contributed by atoms with Gasteiger partial charge in [-0.2, -0.15) is 0 Å². The Bertz CT molecular complexity index is 317. The number of benzene rings is 1. The summed E-state index contributed by atoms with van der Waals surface area (Å²) >= 11 is 5.71. The standard InChI is InChI=1S/C11H16ClFN2/c1-2-5-15-11(7-14)8-3-4-10(13)9(12)6-8/h3-4,6,11,15H,2,5,7,14H2,1H3. The lowest BCUT2D eigenvalue weighted by molar-refractivity contribution is 0.538. The predicted octanol–water partition coefficient (Wildman–Crippen LogP) is 2.48. The van der Waals surface area contributed by atoms with Gasteiger partial charge in [-0.1, -0.05) is 24.6 Å². The molecular weight excluding hydrogens is 215 g/mol. The fraction of sp³-hybridized carbons (Fsp3) is 0.455. The van der Waals surface area contributed by atoms with Crippen LogP contribution in [0.5, 0.6) is 0 Å². The second-order valence-corrected chi connectivity index (χ2v) is 3.82. The van der Waals surface area contributed by atoms with Gasteiger partial charge in [0.05, 0.1) is 5.02 Å². The maximum absolute atomic E-state index is 12.9. The first-order chi connectivity index (χ1) is 7.19. The summed E-state index contributed by atoms with van der Waals surface area (Å²) in [4.78, 5) is 0. The average molecular weight is 231 g/mol. The topological polar surface area (TPSA) is 38.0 Å². The maximum atomic E-state index is 12.9. The Labute approximate surface area is 94.6 Å². The number of hydrogen-bond acceptors (Lipinski definition) is 2. The Balaban J connectivity index is 2.78. The Morgan fingerprint density at radius 3 is 2.80 bits per heavy atom. The van der Waals surface area contributed by atoms with E-state index in [4.69, 9.17) is 17.3 Å². The minimum absolute atomic E-state index is 0.0445. The predicted molar refractivity (Wildman–Crippen MR) is 61.5 cm³/mol. The van der Waals surface area contributed by atoms with E-state index in [1.54, 1.807) is 12.1 Å². The Hall–Kier alpha value is -0.640. The molecular formula is C11H16ClFN2. The monoisotopic (exact) mass is 230 g/mol. The van der Waals surface area contributed by atoms with E-state index in [0.29, 0.717) is 6.54 Å². The lowest BCUT2D eigenvalue weighted by Crippen LogP contribution is -2.28. The van der Waals surface area contributed by atoms with Crippen LogP contribution in [0.1, 0.15) is 24.9 Å². The van der Waals surface area contributed by atoms with Crippen molar-refractivity contribution >= 4 is 11.6 Å². The van der Waals surface area contributed by atoms with Gasteiger partial charge in [0.2, 0.25) is 0 Å². The van der Waals surface area contributed by atoms with Gasteiger partial charge in [0.15, 0.2) is 0 Å². The van der Waals surface area contributed by atoms with Crippen molar-refractivity contribution in [3.05, 3.63) is 34.6 Å². The van der Waals surface area contributed by atoms with E-state index in [-0.39, 0.29) is 11.1 Å². The molecule has 0 aromatic heterocycles. The van der Waals surface area contributed by atoms with E-state index >= 15 is 0 Å². The molecule has 0 heterocycles. The van der Waals surface area contributed by atoms with E-state index in [1.807, 2.05) is 0 Å². The normalized spacial score (nSPS) is 12.8. The quantitative estimate of drug-likeness (QED) is 0.816. The highest BCUT2D eigenvalue weighted by Gasteiger charge is 2.10. The summed E-state index contributed by atoms with van der Waals surface area (Å²) in [5.74, 6) is -0.397. The molecule has 1 aromatic rings. The average Bonchev–Trinajstić information content (AvgIpc) is 2.24. The van der Waals surface area contributed by atoms with Crippen LogP contribution in [-0.2, 0) is 0 Å². The molecule has 4 heteroatoms. The van der Waals surface area contributed by atoms with Gasteiger partial charge in [0.25, 0.3) is 0 Å². The van der Waals surface area contributed by atoms with Gasteiger partial charge in [0, 0.05) is 12.6 Å². The molecule has 15 heavy (non-hydrogen) atoms. The molecule has 3 N–H and O–H groups in total. The lowest BCUT2D eigenvalue weighted by Gasteiger charge is -2.17. The van der Waals surface area contributed by atoms with Gasteiger partial charge in [-0.15, -0.1) is 0 Å². The summed E-state index contributed by atoms with van der Waals surface area (Å²) in [7, 11) is 0. The highest BCUT2D eigenvalue weighted by molar-refractivity contribution is 6.30. The summed E-state index contributed by atoms with van der Waals surface area (Å²) < 4.78 is 12.9. The molecule has 84 valence electrons. The van der Waals surface area contributed by atoms with Gasteiger partial charge in [0.1, 0.15) is 5.82 Å². The van der Waals surface area contributed by atoms with Crippen LogP contribution in [0.15, 0.2) is 18.2 Å². The summed E-state index contributed by atoms with van der Waals surface area (Å²) in [6.45, 7) is 3.44. The van der Waals surface area contributed by atoms with Gasteiger partial charge in [-0.05, 0) is 30.7 Å². The van der Waals surface area contributed by atoms with Crippen molar-refractivity contribution in [2.45, 2.75) is 19.4 Å². The van der Waals surface area contributed by atoms with Crippen molar-refractivity contribution in [3.63, 3.8) is 0 Å². The van der Waals surface area contributed by atoms with Crippen LogP contribution >= 0.6 is 11.6 Å². The van der Waals surface area contributed by atoms with Crippen LogP contribution in [-0.4, -0.2) is 13.1 Å². The van der Waals surface area contributed by atoms with E-state index in [9.17, 15) is 4.39 Å². The fourth-order valence-corrected chi connectivity index (χ4v) is 1.57. The summed E-state index contributed by atoms with van der Waals surface area (Å²) in [5.41, 5.74) is 6.56. The lowest BCUT2D eigenvalue weighted by atomic mass is 10.1. The van der Waals surface area contributed by atoms with Crippen molar-refractivity contribution in [1.82, 2.24) is 5.32 Å². The molecule has 1 unspecified atom stereocenters. The van der Waals surface area contributed by atoms with E-state index in [0.717, 1.165) is 18.5 Å². The van der Waals surface area contributed by atoms with Crippen LogP contribution in [0.3, 0.4) is 0 Å². The molecule has 0 aliphatic heterocycles. The minimum atomic E-state index is -0.397. The Kier molecular flexibility index (Phi) is 5.02. The van der Waals surface area contributed by atoms with Crippen molar-refractivity contribution in [2.24, 2.45) is 5.73 Å². The van der Waals surface area contributed by atoms with E-state index < -0.39 is 5.82 Å². The first-order valence-corrected chi connectivity index (χ1v) is 5.45. The SMILES string of the molecule is CCCNC(CN)c1ccc(F)c(Cl)c1. The van der Waals surface area contributed by atoms with Crippen LogP contribution in [0.25, 0.3) is 0 Å². The van der Waals surface area contributed by atoms with Crippen molar-refractivity contribution < 1.29 is 4.39 Å². The van der Waals surface area contributed by atoms with Crippen molar-refractivity contribution in [3.8, 4) is 0 Å². The molecule has 0 fully saturated rings. The highest BCUT2D eigenvalue weighted by atomic mass is 35.5. The number of halogens is 2. The van der Waals surface area contributed by atoms with Crippen molar-refractivity contribution in [1.29, 1.82) is 0 Å². The minimum Gasteiger partial charge on any atom is -0.329 e. The molecule has 1 aromatic carbocycles. The molecule has 0 radical (unpaired) electrons. The van der Waals surface area contributed by atoms with Crippen molar-refractivity contribution in [2.75, 3.05) is 13.1 Å². The third kappa shape index (κ3) is 3.45. The maximum Gasteiger partial charge on any atom is 0.141 e. The molecule has 0 bridgehead atoms. The zero-order valence-electron chi connectivity index (χ0n) is 8.76. The Morgan fingerprint density at radius 2 is 2.27 bits per heavy atom. The van der Waals surface area contributed by atoms with E-state index in [1.165, 1.54) is 6.07 Å². The second kappa shape index (κ2) is 6.05. The molecule has 1 rings (SSSR count). The van der Waals surface area contributed by atoms with Gasteiger partial charge in [-0.25, -0.2) is 4.39 Å². The number of nitrogens with one attached hydrogen (secondary N) is 1. The zero-order valence-corrected chi connectivity index (χ0v) is 9.52. The molecule has 2 nitrogen and oxygen atoms in total. The third-order valence-corrected chi connectivity index (χ3v) is 2.51. The molecule has 0 aliphatic carbocycles. The first-order valence-electron chi connectivity index (χ1n) is 5.07. The fourth-order valence-electron chi connectivity index (χ4n) is 1.38. The second-order valence-electron chi connectivity index (χ2n) is 3.42. The number of rotatable bonds is 5. The molecule has 0 saturated carbocycles. The molecule has 0 aliphatic rings. The number of hydrogen-bond donors (Lipinski definition) is 2. The summed E-state index contributed by atoms with van der Waals surface area (Å²) in [5, 5.41) is 3.42. The van der Waals surface area contributed by atoms with Gasteiger partial charge >= 0.3 is 0 Å². The third-order valence-electron chi connectivity index (χ3n) is 2.22. The Morgan fingerprint density at radius 1 is 1.53 bits per heavy atom. The smallest absolute Gasteiger partial charge is 0.141 e. The zero-order chi connectivity index (χ0) is 11.3. The van der Waals surface area contributed by atoms with Crippen LogP contribution in [0, 0.1) is 5.82 Å². The largest absolute Gasteiger partial charge is 0.329 e. The van der Waals surface area contributed by atoms with Crippen LogP contribution in [0.4, 0.5) is 4.39 Å². The summed E-state index contributed by atoms with van der Waals surface area (Å²) in [6.07, 6.45) is 1.03. The molecule has 0 saturated heterocycles. The van der Waals surface area contributed by atoms with Gasteiger partial charge in [-0.3, -0.25) is 0 Å². The molecule has 0 spiro atoms. The van der Waals surface area contributed by atoms with Crippen LogP contribution < -0.4 is 11.1 Å². The van der Waals surface area contributed by atoms with Gasteiger partial charge < -0.3 is 11.1 Å².